The fraction of sp³-hybridized carbons (Fsp3) is 0.259. The topological polar surface area (TPSA) is 157 Å². The van der Waals surface area contributed by atoms with Crippen LogP contribution in [0.4, 0.5) is 10.1 Å². The predicted molar refractivity (Wildman–Crippen MR) is 146 cm³/mol. The van der Waals surface area contributed by atoms with E-state index in [1.54, 1.807) is 6.07 Å². The minimum Gasteiger partial charge on any atom is -0.394 e. The molecular formula is C27H25ClFN9O2. The number of amides is 1. The molecule has 4 N–H and O–H groups in total. The van der Waals surface area contributed by atoms with E-state index in [1.165, 1.54) is 29.2 Å². The van der Waals surface area contributed by atoms with Gasteiger partial charge >= 0.3 is 0 Å². The largest absolute Gasteiger partial charge is 0.394 e. The second-order valence-electron chi connectivity index (χ2n) is 9.25. The highest BCUT2D eigenvalue weighted by molar-refractivity contribution is 6.31. The van der Waals surface area contributed by atoms with Gasteiger partial charge in [-0.15, -0.1) is 5.10 Å². The zero-order valence-electron chi connectivity index (χ0n) is 21.2. The molecule has 0 fully saturated rings. The lowest BCUT2D eigenvalue weighted by Gasteiger charge is -2.21. The van der Waals surface area contributed by atoms with Crippen LogP contribution in [0.3, 0.4) is 0 Å². The molecule has 11 nitrogen and oxygen atoms in total. The van der Waals surface area contributed by atoms with E-state index in [0.29, 0.717) is 30.0 Å². The molecule has 0 unspecified atom stereocenters. The Balaban J connectivity index is 1.45. The quantitative estimate of drug-likeness (QED) is 0.267. The van der Waals surface area contributed by atoms with Crippen molar-refractivity contribution < 1.29 is 14.3 Å². The molecule has 2 atom stereocenters. The summed E-state index contributed by atoms with van der Waals surface area (Å²) in [5, 5.41) is 36.9. The van der Waals surface area contributed by atoms with Crippen LogP contribution in [-0.2, 0) is 4.79 Å². The molecule has 0 saturated heterocycles. The third-order valence-electron chi connectivity index (χ3n) is 6.65. The summed E-state index contributed by atoms with van der Waals surface area (Å²) in [6, 6.07) is 11.8. The number of tetrazole rings is 1. The van der Waals surface area contributed by atoms with Gasteiger partial charge in [0.2, 0.25) is 5.91 Å². The van der Waals surface area contributed by atoms with Gasteiger partial charge in [-0.3, -0.25) is 4.79 Å². The predicted octanol–water partition coefficient (Wildman–Crippen LogP) is 3.93. The van der Waals surface area contributed by atoms with E-state index in [1.807, 2.05) is 24.3 Å². The van der Waals surface area contributed by atoms with E-state index in [9.17, 15) is 19.6 Å². The van der Waals surface area contributed by atoms with E-state index in [-0.39, 0.29) is 28.9 Å². The van der Waals surface area contributed by atoms with Gasteiger partial charge in [-0.1, -0.05) is 42.6 Å². The number of imidazole rings is 1. The number of fused-ring (bicyclic) bond motifs is 4. The SMILES string of the molecule is N#Cc1nc2[nH]c1-c1ccccc1N[C@@H](CO)CCCC[C@@H]2NC(=O)C=Cc1c(-n2cnnn2)ccc(Cl)c1F. The van der Waals surface area contributed by atoms with Crippen molar-refractivity contribution >= 4 is 29.3 Å². The number of para-hydroxylation sites is 1. The number of aliphatic hydroxyl groups is 1. The van der Waals surface area contributed by atoms with Gasteiger partial charge in [0.1, 0.15) is 18.2 Å². The Labute approximate surface area is 233 Å². The summed E-state index contributed by atoms with van der Waals surface area (Å²) >= 11 is 5.99. The van der Waals surface area contributed by atoms with Crippen LogP contribution in [0.25, 0.3) is 23.0 Å². The van der Waals surface area contributed by atoms with Crippen molar-refractivity contribution in [1.82, 2.24) is 35.5 Å². The van der Waals surface area contributed by atoms with Gasteiger partial charge in [-0.25, -0.2) is 9.37 Å². The minimum absolute atomic E-state index is 0.0415. The highest BCUT2D eigenvalue weighted by atomic mass is 35.5. The summed E-state index contributed by atoms with van der Waals surface area (Å²) in [5.41, 5.74) is 2.54. The van der Waals surface area contributed by atoms with Crippen LogP contribution in [0.2, 0.25) is 5.02 Å². The van der Waals surface area contributed by atoms with E-state index in [0.717, 1.165) is 24.1 Å². The average Bonchev–Trinajstić information content (AvgIpc) is 3.65. The van der Waals surface area contributed by atoms with Crippen molar-refractivity contribution in [3.05, 3.63) is 76.7 Å². The van der Waals surface area contributed by atoms with Gasteiger partial charge in [0, 0.05) is 28.9 Å². The van der Waals surface area contributed by atoms with Crippen LogP contribution >= 0.6 is 11.6 Å². The van der Waals surface area contributed by atoms with E-state index in [4.69, 9.17) is 11.6 Å². The van der Waals surface area contributed by atoms with Crippen molar-refractivity contribution in [3.63, 3.8) is 0 Å². The fourth-order valence-corrected chi connectivity index (χ4v) is 4.83. The van der Waals surface area contributed by atoms with Gasteiger partial charge in [0.15, 0.2) is 11.5 Å². The zero-order valence-corrected chi connectivity index (χ0v) is 21.9. The maximum absolute atomic E-state index is 14.9. The van der Waals surface area contributed by atoms with Gasteiger partial charge in [0.25, 0.3) is 0 Å². The van der Waals surface area contributed by atoms with Gasteiger partial charge in [-0.2, -0.15) is 9.94 Å². The number of nitrogens with zero attached hydrogens (tertiary/aromatic N) is 6. The number of nitriles is 1. The summed E-state index contributed by atoms with van der Waals surface area (Å²) < 4.78 is 16.2. The number of aromatic nitrogens is 6. The second kappa shape index (κ2) is 12.1. The molecule has 0 spiro atoms. The molecule has 40 heavy (non-hydrogen) atoms. The third kappa shape index (κ3) is 5.70. The lowest BCUT2D eigenvalue weighted by Crippen LogP contribution is -2.28. The number of carbonyl (C=O) groups is 1. The normalized spacial score (nSPS) is 17.2. The maximum Gasteiger partial charge on any atom is 0.244 e. The number of hydrogen-bond acceptors (Lipinski definition) is 8. The van der Waals surface area contributed by atoms with Crippen LogP contribution in [0.5, 0.6) is 0 Å². The first-order valence-corrected chi connectivity index (χ1v) is 13.0. The Morgan fingerprint density at radius 1 is 1.27 bits per heavy atom. The van der Waals surface area contributed by atoms with Crippen molar-refractivity contribution in [1.29, 1.82) is 5.26 Å². The van der Waals surface area contributed by atoms with Crippen LogP contribution in [0.15, 0.2) is 48.8 Å². The minimum atomic E-state index is -0.718. The highest BCUT2D eigenvalue weighted by Gasteiger charge is 2.24. The molecule has 204 valence electrons. The first-order chi connectivity index (χ1) is 19.5. The monoisotopic (exact) mass is 561 g/mol. The summed E-state index contributed by atoms with van der Waals surface area (Å²) in [6.45, 7) is -0.0503. The number of halogens is 2. The lowest BCUT2D eigenvalue weighted by molar-refractivity contribution is -0.117. The number of anilines is 1. The number of hydrogen-bond donors (Lipinski definition) is 4. The fourth-order valence-electron chi connectivity index (χ4n) is 4.67. The van der Waals surface area contributed by atoms with Crippen LogP contribution < -0.4 is 10.6 Å². The van der Waals surface area contributed by atoms with Gasteiger partial charge in [0.05, 0.1) is 29.1 Å². The number of nitrogens with one attached hydrogen (secondary N) is 3. The molecule has 1 aliphatic rings. The van der Waals surface area contributed by atoms with Crippen LogP contribution in [-0.4, -0.2) is 53.8 Å². The van der Waals surface area contributed by atoms with E-state index in [2.05, 4.69) is 42.2 Å². The molecule has 13 heteroatoms. The van der Waals surface area contributed by atoms with Crippen LogP contribution in [0.1, 0.15) is 48.8 Å². The van der Waals surface area contributed by atoms with Crippen molar-refractivity contribution in [2.75, 3.05) is 11.9 Å². The molecule has 0 saturated carbocycles. The average molecular weight is 562 g/mol. The number of aliphatic hydroxyl groups excluding tert-OH is 1. The molecule has 1 amide bonds. The standard InChI is InChI=1S/C27H25ClFN9O2/c28-19-10-11-23(38-15-31-36-37-38)18(25(19)29)9-12-24(40)33-21-8-3-1-5-16(14-39)32-20-7-4-2-6-17(20)26-22(13-30)34-27(21)35-26/h2,4,6-7,9-12,15-16,21,32,39H,1,3,5,8,14H2,(H,33,40)(H,34,35)/t16-,21+/m1/s1. The van der Waals surface area contributed by atoms with Crippen molar-refractivity contribution in [2.45, 2.75) is 37.8 Å². The Bertz CT molecular complexity index is 1580. The summed E-state index contributed by atoms with van der Waals surface area (Å²) in [4.78, 5) is 20.8. The Hall–Kier alpha value is -4.60. The number of H-pyrrole nitrogens is 1. The third-order valence-corrected chi connectivity index (χ3v) is 6.95. The van der Waals surface area contributed by atoms with Crippen LogP contribution in [0, 0.1) is 17.1 Å². The first kappa shape index (κ1) is 27.0. The molecule has 2 aromatic carbocycles. The number of carbonyl (C=O) groups excluding carboxylic acids is 1. The smallest absolute Gasteiger partial charge is 0.244 e. The number of rotatable bonds is 5. The van der Waals surface area contributed by atoms with Crippen molar-refractivity contribution in [3.8, 4) is 23.0 Å². The molecular weight excluding hydrogens is 537 g/mol. The van der Waals surface area contributed by atoms with E-state index >= 15 is 0 Å². The molecule has 2 aromatic heterocycles. The summed E-state index contributed by atoms with van der Waals surface area (Å²) in [7, 11) is 0. The Kier molecular flexibility index (Phi) is 8.14. The van der Waals surface area contributed by atoms with Gasteiger partial charge in [-0.05, 0) is 47.5 Å². The highest BCUT2D eigenvalue weighted by Crippen LogP contribution is 2.33. The number of benzene rings is 2. The summed E-state index contributed by atoms with van der Waals surface area (Å²) in [6.07, 6.45) is 6.56. The summed E-state index contributed by atoms with van der Waals surface area (Å²) in [5.74, 6) is -0.777. The molecule has 3 heterocycles. The molecule has 2 bridgehead atoms. The molecule has 5 rings (SSSR count). The molecule has 4 aromatic rings. The molecule has 0 aliphatic carbocycles. The first-order valence-electron chi connectivity index (χ1n) is 12.6. The van der Waals surface area contributed by atoms with Gasteiger partial charge < -0.3 is 20.7 Å². The molecule has 1 aliphatic heterocycles. The maximum atomic E-state index is 14.9. The zero-order chi connectivity index (χ0) is 28.1. The Morgan fingerprint density at radius 3 is 2.88 bits per heavy atom. The van der Waals surface area contributed by atoms with Crippen molar-refractivity contribution in [2.24, 2.45) is 0 Å². The lowest BCUT2D eigenvalue weighted by atomic mass is 10.0. The Morgan fingerprint density at radius 2 is 2.10 bits per heavy atom. The van der Waals surface area contributed by atoms with E-state index < -0.39 is 17.8 Å². The molecule has 0 radical (unpaired) electrons. The number of aromatic amines is 1. The second-order valence-corrected chi connectivity index (χ2v) is 9.66.